The van der Waals surface area contributed by atoms with Gasteiger partial charge in [-0.2, -0.15) is 5.10 Å². The summed E-state index contributed by atoms with van der Waals surface area (Å²) in [6.45, 7) is 0. The predicted octanol–water partition coefficient (Wildman–Crippen LogP) is 3.60. The summed E-state index contributed by atoms with van der Waals surface area (Å²) in [6.07, 6.45) is 3.55. The lowest BCUT2D eigenvalue weighted by Crippen LogP contribution is -2.14. The van der Waals surface area contributed by atoms with Gasteiger partial charge in [-0.15, -0.1) is 0 Å². The van der Waals surface area contributed by atoms with Crippen LogP contribution in [0.25, 0.3) is 11.0 Å². The number of carbonyl (C=O) groups is 2. The van der Waals surface area contributed by atoms with Crippen molar-refractivity contribution in [1.82, 2.24) is 9.78 Å². The number of aromatic nitrogens is 2. The van der Waals surface area contributed by atoms with Crippen molar-refractivity contribution in [1.29, 1.82) is 0 Å². The van der Waals surface area contributed by atoms with E-state index in [4.69, 9.17) is 4.42 Å². The molecule has 4 rings (SSSR count). The van der Waals surface area contributed by atoms with Crippen LogP contribution in [-0.4, -0.2) is 21.6 Å². The van der Waals surface area contributed by atoms with Crippen LogP contribution in [0.1, 0.15) is 16.1 Å². The molecular weight excluding hydrogens is 356 g/mol. The molecule has 2 N–H and O–H groups in total. The van der Waals surface area contributed by atoms with Crippen LogP contribution in [0.3, 0.4) is 0 Å². The molecule has 0 atom stereocenters. The summed E-state index contributed by atoms with van der Waals surface area (Å²) in [5.74, 6) is -0.202. The number of rotatable bonds is 5. The van der Waals surface area contributed by atoms with Crippen LogP contribution in [0.15, 0.2) is 71.4 Å². The van der Waals surface area contributed by atoms with Gasteiger partial charge in [-0.1, -0.05) is 30.3 Å². The van der Waals surface area contributed by atoms with E-state index in [-0.39, 0.29) is 24.0 Å². The molecule has 2 aromatic carbocycles. The minimum absolute atomic E-state index is 0.132. The molecule has 2 amide bonds. The SMILES string of the molecule is Cn1cc(NC(=O)Cc2ccc(NC(=O)c3cc4ccccc4o3)cc2)cn1. The Labute approximate surface area is 161 Å². The number of hydrogen-bond donors (Lipinski definition) is 2. The largest absolute Gasteiger partial charge is 0.451 e. The minimum atomic E-state index is -0.321. The third kappa shape index (κ3) is 3.93. The molecule has 7 nitrogen and oxygen atoms in total. The number of nitrogens with one attached hydrogen (secondary N) is 2. The molecule has 140 valence electrons. The maximum atomic E-state index is 12.4. The van der Waals surface area contributed by atoms with E-state index < -0.39 is 0 Å². The van der Waals surface area contributed by atoms with Crippen molar-refractivity contribution in [2.75, 3.05) is 10.6 Å². The van der Waals surface area contributed by atoms with Crippen molar-refractivity contribution in [3.63, 3.8) is 0 Å². The first-order valence-corrected chi connectivity index (χ1v) is 8.74. The zero-order valence-corrected chi connectivity index (χ0v) is 15.2. The highest BCUT2D eigenvalue weighted by atomic mass is 16.3. The zero-order chi connectivity index (χ0) is 19.5. The summed E-state index contributed by atoms with van der Waals surface area (Å²) in [5.41, 5.74) is 2.79. The van der Waals surface area contributed by atoms with Crippen molar-refractivity contribution in [3.05, 3.63) is 78.3 Å². The van der Waals surface area contributed by atoms with Gasteiger partial charge in [-0.25, -0.2) is 0 Å². The van der Waals surface area contributed by atoms with Crippen molar-refractivity contribution >= 4 is 34.2 Å². The first kappa shape index (κ1) is 17.5. The average Bonchev–Trinajstić information content (AvgIpc) is 3.29. The molecule has 2 aromatic heterocycles. The first-order valence-electron chi connectivity index (χ1n) is 8.74. The highest BCUT2D eigenvalue weighted by Crippen LogP contribution is 2.20. The molecule has 0 fully saturated rings. The van der Waals surface area contributed by atoms with Crippen LogP contribution in [0, 0.1) is 0 Å². The Hall–Kier alpha value is -3.87. The molecule has 7 heteroatoms. The summed E-state index contributed by atoms with van der Waals surface area (Å²) in [6, 6.07) is 16.3. The van der Waals surface area contributed by atoms with Gasteiger partial charge in [0.1, 0.15) is 5.58 Å². The molecule has 0 radical (unpaired) electrons. The number of fused-ring (bicyclic) bond motifs is 1. The van der Waals surface area contributed by atoms with Crippen LogP contribution < -0.4 is 10.6 Å². The highest BCUT2D eigenvalue weighted by Gasteiger charge is 2.12. The second-order valence-electron chi connectivity index (χ2n) is 6.43. The van der Waals surface area contributed by atoms with Gasteiger partial charge in [0, 0.05) is 24.3 Å². The number of anilines is 2. The molecule has 0 saturated heterocycles. The van der Waals surface area contributed by atoms with E-state index in [1.54, 1.807) is 54.5 Å². The Morgan fingerprint density at radius 2 is 1.82 bits per heavy atom. The highest BCUT2D eigenvalue weighted by molar-refractivity contribution is 6.04. The number of amides is 2. The summed E-state index contributed by atoms with van der Waals surface area (Å²) in [5, 5.41) is 10.5. The van der Waals surface area contributed by atoms with Gasteiger partial charge in [0.15, 0.2) is 5.76 Å². The smallest absolute Gasteiger partial charge is 0.291 e. The van der Waals surface area contributed by atoms with Gasteiger partial charge in [0.2, 0.25) is 5.91 Å². The third-order valence-electron chi connectivity index (χ3n) is 4.21. The lowest BCUT2D eigenvalue weighted by molar-refractivity contribution is -0.115. The number of para-hydroxylation sites is 1. The molecule has 28 heavy (non-hydrogen) atoms. The standard InChI is InChI=1S/C21H18N4O3/c1-25-13-17(12-22-25)23-20(26)10-14-6-8-16(9-7-14)24-21(27)19-11-15-4-2-3-5-18(15)28-19/h2-9,11-13H,10H2,1H3,(H,23,26)(H,24,27). The second-order valence-corrected chi connectivity index (χ2v) is 6.43. The first-order chi connectivity index (χ1) is 13.6. The number of aryl methyl sites for hydroxylation is 1. The minimum Gasteiger partial charge on any atom is -0.451 e. The quantitative estimate of drug-likeness (QED) is 0.559. The van der Waals surface area contributed by atoms with E-state index in [1.165, 1.54) is 0 Å². The number of benzene rings is 2. The fraction of sp³-hybridized carbons (Fsp3) is 0.0952. The second kappa shape index (κ2) is 7.40. The lowest BCUT2D eigenvalue weighted by Gasteiger charge is -2.06. The van der Waals surface area contributed by atoms with Crippen LogP contribution in [0.2, 0.25) is 0 Å². The molecule has 4 aromatic rings. The summed E-state index contributed by atoms with van der Waals surface area (Å²) < 4.78 is 7.19. The number of nitrogens with zero attached hydrogens (tertiary/aromatic N) is 2. The van der Waals surface area contributed by atoms with Crippen molar-refractivity contribution < 1.29 is 14.0 Å². The Balaban J connectivity index is 1.37. The number of hydrogen-bond acceptors (Lipinski definition) is 4. The van der Waals surface area contributed by atoms with Crippen LogP contribution >= 0.6 is 0 Å². The molecular formula is C21H18N4O3. The molecule has 2 heterocycles. The van der Waals surface area contributed by atoms with Crippen LogP contribution in [-0.2, 0) is 18.3 Å². The summed E-state index contributed by atoms with van der Waals surface area (Å²) in [7, 11) is 1.79. The molecule has 0 aliphatic heterocycles. The van der Waals surface area contributed by atoms with E-state index in [0.717, 1.165) is 10.9 Å². The topological polar surface area (TPSA) is 89.2 Å². The van der Waals surface area contributed by atoms with E-state index in [2.05, 4.69) is 15.7 Å². The summed E-state index contributed by atoms with van der Waals surface area (Å²) >= 11 is 0. The summed E-state index contributed by atoms with van der Waals surface area (Å²) in [4.78, 5) is 24.5. The average molecular weight is 374 g/mol. The third-order valence-corrected chi connectivity index (χ3v) is 4.21. The van der Waals surface area contributed by atoms with Crippen LogP contribution in [0.4, 0.5) is 11.4 Å². The molecule has 0 unspecified atom stereocenters. The fourth-order valence-electron chi connectivity index (χ4n) is 2.87. The van der Waals surface area contributed by atoms with Gasteiger partial charge in [-0.05, 0) is 29.8 Å². The zero-order valence-electron chi connectivity index (χ0n) is 15.2. The molecule has 0 saturated carbocycles. The Bertz CT molecular complexity index is 1110. The van der Waals surface area contributed by atoms with E-state index in [9.17, 15) is 9.59 Å². The van der Waals surface area contributed by atoms with Crippen molar-refractivity contribution in [3.8, 4) is 0 Å². The van der Waals surface area contributed by atoms with Gasteiger partial charge in [0.25, 0.3) is 5.91 Å². The van der Waals surface area contributed by atoms with Crippen molar-refractivity contribution in [2.45, 2.75) is 6.42 Å². The maximum Gasteiger partial charge on any atom is 0.291 e. The molecule has 0 bridgehead atoms. The van der Waals surface area contributed by atoms with E-state index in [1.807, 2.05) is 24.3 Å². The van der Waals surface area contributed by atoms with Gasteiger partial charge < -0.3 is 15.1 Å². The number of furan rings is 1. The fourth-order valence-corrected chi connectivity index (χ4v) is 2.87. The van der Waals surface area contributed by atoms with E-state index >= 15 is 0 Å². The predicted molar refractivity (Wildman–Crippen MR) is 106 cm³/mol. The van der Waals surface area contributed by atoms with Gasteiger partial charge in [-0.3, -0.25) is 14.3 Å². The Morgan fingerprint density at radius 3 is 2.54 bits per heavy atom. The molecule has 0 spiro atoms. The molecule has 0 aliphatic carbocycles. The Morgan fingerprint density at radius 1 is 1.04 bits per heavy atom. The van der Waals surface area contributed by atoms with Crippen LogP contribution in [0.5, 0.6) is 0 Å². The normalized spacial score (nSPS) is 10.8. The van der Waals surface area contributed by atoms with E-state index in [0.29, 0.717) is 17.0 Å². The van der Waals surface area contributed by atoms with Gasteiger partial charge in [0.05, 0.1) is 18.3 Å². The Kier molecular flexibility index (Phi) is 4.63. The van der Waals surface area contributed by atoms with Gasteiger partial charge >= 0.3 is 0 Å². The monoisotopic (exact) mass is 374 g/mol. The number of carbonyl (C=O) groups excluding carboxylic acids is 2. The molecule has 0 aliphatic rings. The lowest BCUT2D eigenvalue weighted by atomic mass is 10.1. The maximum absolute atomic E-state index is 12.4. The van der Waals surface area contributed by atoms with Crippen molar-refractivity contribution in [2.24, 2.45) is 7.05 Å².